The summed E-state index contributed by atoms with van der Waals surface area (Å²) in [5.41, 5.74) is 10.1. The summed E-state index contributed by atoms with van der Waals surface area (Å²) in [5.74, 6) is -0.288. The summed E-state index contributed by atoms with van der Waals surface area (Å²) in [7, 11) is 0. The summed E-state index contributed by atoms with van der Waals surface area (Å²) < 4.78 is 0. The smallest absolute Gasteiger partial charge is 0.271 e. The fourth-order valence-corrected chi connectivity index (χ4v) is 1.54. The van der Waals surface area contributed by atoms with Crippen LogP contribution in [0.3, 0.4) is 0 Å². The van der Waals surface area contributed by atoms with E-state index in [1.54, 1.807) is 24.5 Å². The number of hydrogen-bond acceptors (Lipinski definition) is 4. The van der Waals surface area contributed by atoms with E-state index in [2.05, 4.69) is 15.5 Å². The van der Waals surface area contributed by atoms with Crippen LogP contribution < -0.4 is 11.2 Å². The molecule has 0 saturated heterocycles. The van der Waals surface area contributed by atoms with Crippen molar-refractivity contribution in [2.75, 3.05) is 6.54 Å². The van der Waals surface area contributed by atoms with Gasteiger partial charge in [-0.05, 0) is 17.7 Å². The third-order valence-electron chi connectivity index (χ3n) is 2.54. The molecule has 0 saturated carbocycles. The molecule has 0 fully saturated rings. The van der Waals surface area contributed by atoms with Crippen molar-refractivity contribution in [2.24, 2.45) is 10.8 Å². The Hall–Kier alpha value is -2.53. The summed E-state index contributed by atoms with van der Waals surface area (Å²) in [6.07, 6.45) is 3.11. The predicted molar refractivity (Wildman–Crippen MR) is 73.7 cm³/mol. The molecule has 1 amide bonds. The lowest BCUT2D eigenvalue weighted by Gasteiger charge is -2.04. The predicted octanol–water partition coefficient (Wildman–Crippen LogP) is 1.17. The monoisotopic (exact) mass is 254 g/mol. The number of benzene rings is 1. The number of pyridine rings is 1. The molecule has 1 aromatic heterocycles. The van der Waals surface area contributed by atoms with Gasteiger partial charge in [0.2, 0.25) is 0 Å². The highest BCUT2D eigenvalue weighted by molar-refractivity contribution is 6.03. The summed E-state index contributed by atoms with van der Waals surface area (Å²) in [4.78, 5) is 15.7. The van der Waals surface area contributed by atoms with Gasteiger partial charge in [-0.3, -0.25) is 9.78 Å². The first-order valence-corrected chi connectivity index (χ1v) is 5.83. The number of nitrogens with two attached hydrogens (primary N) is 1. The van der Waals surface area contributed by atoms with Gasteiger partial charge < -0.3 is 5.73 Å². The number of rotatable bonds is 4. The van der Waals surface area contributed by atoms with E-state index in [0.29, 0.717) is 11.3 Å². The normalized spacial score (nSPS) is 11.1. The first-order chi connectivity index (χ1) is 9.31. The van der Waals surface area contributed by atoms with Gasteiger partial charge in [-0.2, -0.15) is 5.10 Å². The summed E-state index contributed by atoms with van der Waals surface area (Å²) in [6, 6.07) is 12.7. The molecular weight excluding hydrogens is 240 g/mol. The summed E-state index contributed by atoms with van der Waals surface area (Å²) in [6.45, 7) is 0.251. The second-order valence-electron chi connectivity index (χ2n) is 3.81. The second kappa shape index (κ2) is 6.42. The number of carbonyl (C=O) groups is 1. The number of amides is 1. The van der Waals surface area contributed by atoms with Crippen LogP contribution in [0.4, 0.5) is 0 Å². The SMILES string of the molecule is NCC(=NNC(=O)c1ccncc1)c1ccccc1. The molecule has 0 aliphatic heterocycles. The Morgan fingerprint density at radius 1 is 1.11 bits per heavy atom. The minimum atomic E-state index is -0.288. The Kier molecular flexibility index (Phi) is 4.36. The zero-order chi connectivity index (χ0) is 13.5. The third-order valence-corrected chi connectivity index (χ3v) is 2.54. The van der Waals surface area contributed by atoms with E-state index in [-0.39, 0.29) is 12.5 Å². The van der Waals surface area contributed by atoms with Gasteiger partial charge in [-0.25, -0.2) is 5.43 Å². The molecule has 2 aromatic rings. The lowest BCUT2D eigenvalue weighted by molar-refractivity contribution is 0.0954. The average Bonchev–Trinajstić information content (AvgIpc) is 2.49. The highest BCUT2D eigenvalue weighted by atomic mass is 16.2. The molecule has 5 heteroatoms. The van der Waals surface area contributed by atoms with E-state index in [1.807, 2.05) is 30.3 Å². The molecule has 5 nitrogen and oxygen atoms in total. The Balaban J connectivity index is 2.11. The number of nitrogens with one attached hydrogen (secondary N) is 1. The number of aromatic nitrogens is 1. The first kappa shape index (κ1) is 12.9. The molecule has 19 heavy (non-hydrogen) atoms. The summed E-state index contributed by atoms with van der Waals surface area (Å²) in [5, 5.41) is 4.06. The molecule has 0 unspecified atom stereocenters. The third kappa shape index (κ3) is 3.46. The van der Waals surface area contributed by atoms with E-state index in [9.17, 15) is 4.79 Å². The van der Waals surface area contributed by atoms with Crippen LogP contribution in [0.1, 0.15) is 15.9 Å². The molecule has 0 atom stereocenters. The largest absolute Gasteiger partial charge is 0.325 e. The van der Waals surface area contributed by atoms with Gasteiger partial charge in [-0.15, -0.1) is 0 Å². The van der Waals surface area contributed by atoms with Gasteiger partial charge in [0.25, 0.3) is 5.91 Å². The molecular formula is C14H14N4O. The molecule has 1 heterocycles. The fourth-order valence-electron chi connectivity index (χ4n) is 1.54. The van der Waals surface area contributed by atoms with Gasteiger partial charge in [0.05, 0.1) is 5.71 Å². The maximum absolute atomic E-state index is 11.8. The highest BCUT2D eigenvalue weighted by Crippen LogP contribution is 2.00. The number of hydrogen-bond donors (Lipinski definition) is 2. The summed E-state index contributed by atoms with van der Waals surface area (Å²) >= 11 is 0. The van der Waals surface area contributed by atoms with E-state index >= 15 is 0 Å². The van der Waals surface area contributed by atoms with Crippen LogP contribution >= 0.6 is 0 Å². The van der Waals surface area contributed by atoms with E-state index in [4.69, 9.17) is 5.73 Å². The van der Waals surface area contributed by atoms with E-state index in [1.165, 1.54) is 0 Å². The van der Waals surface area contributed by atoms with Crippen molar-refractivity contribution in [1.82, 2.24) is 10.4 Å². The second-order valence-corrected chi connectivity index (χ2v) is 3.81. The van der Waals surface area contributed by atoms with Crippen LogP contribution in [-0.4, -0.2) is 23.1 Å². The molecule has 0 aliphatic rings. The lowest BCUT2D eigenvalue weighted by Crippen LogP contribution is -2.23. The maximum atomic E-state index is 11.8. The Morgan fingerprint density at radius 2 is 1.79 bits per heavy atom. The van der Waals surface area contributed by atoms with Crippen LogP contribution in [0, 0.1) is 0 Å². The molecule has 0 aliphatic carbocycles. The van der Waals surface area contributed by atoms with Gasteiger partial charge in [0.15, 0.2) is 0 Å². The van der Waals surface area contributed by atoms with Crippen molar-refractivity contribution in [3.63, 3.8) is 0 Å². The minimum Gasteiger partial charge on any atom is -0.325 e. The van der Waals surface area contributed by atoms with Gasteiger partial charge in [0.1, 0.15) is 0 Å². The zero-order valence-electron chi connectivity index (χ0n) is 10.3. The Bertz CT molecular complexity index is 567. The standard InChI is InChI=1S/C14H14N4O/c15-10-13(11-4-2-1-3-5-11)17-18-14(19)12-6-8-16-9-7-12/h1-9H,10,15H2,(H,18,19). The van der Waals surface area contributed by atoms with Crippen LogP contribution in [0.2, 0.25) is 0 Å². The number of nitrogens with zero attached hydrogens (tertiary/aromatic N) is 2. The van der Waals surface area contributed by atoms with Gasteiger partial charge in [0, 0.05) is 24.5 Å². The van der Waals surface area contributed by atoms with E-state index < -0.39 is 0 Å². The fraction of sp³-hybridized carbons (Fsp3) is 0.0714. The Labute approximate surface area is 111 Å². The minimum absolute atomic E-state index is 0.251. The zero-order valence-corrected chi connectivity index (χ0v) is 10.3. The quantitative estimate of drug-likeness (QED) is 0.635. The van der Waals surface area contributed by atoms with Crippen LogP contribution in [-0.2, 0) is 0 Å². The van der Waals surface area contributed by atoms with Crippen LogP contribution in [0.25, 0.3) is 0 Å². The van der Waals surface area contributed by atoms with E-state index in [0.717, 1.165) is 5.56 Å². The molecule has 1 aromatic carbocycles. The van der Waals surface area contributed by atoms with Gasteiger partial charge >= 0.3 is 0 Å². The number of hydrazone groups is 1. The molecule has 96 valence electrons. The van der Waals surface area contributed by atoms with Crippen LogP contribution in [0.15, 0.2) is 60.0 Å². The van der Waals surface area contributed by atoms with Crippen LogP contribution in [0.5, 0.6) is 0 Å². The van der Waals surface area contributed by atoms with Crippen molar-refractivity contribution in [2.45, 2.75) is 0 Å². The number of carbonyl (C=O) groups excluding carboxylic acids is 1. The van der Waals surface area contributed by atoms with Crippen molar-refractivity contribution in [3.05, 3.63) is 66.0 Å². The van der Waals surface area contributed by atoms with Crippen molar-refractivity contribution in [1.29, 1.82) is 0 Å². The van der Waals surface area contributed by atoms with Crippen molar-refractivity contribution >= 4 is 11.6 Å². The molecule has 0 bridgehead atoms. The molecule has 3 N–H and O–H groups in total. The van der Waals surface area contributed by atoms with Crippen molar-refractivity contribution < 1.29 is 4.79 Å². The first-order valence-electron chi connectivity index (χ1n) is 5.83. The molecule has 0 radical (unpaired) electrons. The highest BCUT2D eigenvalue weighted by Gasteiger charge is 2.05. The lowest BCUT2D eigenvalue weighted by atomic mass is 10.1. The van der Waals surface area contributed by atoms with Crippen molar-refractivity contribution in [3.8, 4) is 0 Å². The van der Waals surface area contributed by atoms with Gasteiger partial charge in [-0.1, -0.05) is 30.3 Å². The molecule has 0 spiro atoms. The topological polar surface area (TPSA) is 80.4 Å². The average molecular weight is 254 g/mol. The Morgan fingerprint density at radius 3 is 2.42 bits per heavy atom. The maximum Gasteiger partial charge on any atom is 0.271 e. The molecule has 2 rings (SSSR count).